The van der Waals surface area contributed by atoms with Crippen molar-refractivity contribution in [3.05, 3.63) is 36.0 Å². The normalized spacial score (nSPS) is 23.9. The molecule has 3 atom stereocenters. The fourth-order valence-electron chi connectivity index (χ4n) is 4.03. The third-order valence-corrected chi connectivity index (χ3v) is 7.33. The van der Waals surface area contributed by atoms with Crippen molar-refractivity contribution < 1.29 is 25.8 Å². The largest absolute Gasteiger partial charge is 0.391 e. The minimum Gasteiger partial charge on any atom is -0.382 e. The fourth-order valence-corrected chi connectivity index (χ4v) is 5.92. The van der Waals surface area contributed by atoms with Crippen LogP contribution in [0.3, 0.4) is 0 Å². The molecule has 8 heteroatoms. The molecule has 1 aliphatic rings. The highest BCUT2D eigenvalue weighted by Crippen LogP contribution is 2.44. The molecule has 0 aliphatic heterocycles. The van der Waals surface area contributed by atoms with E-state index in [-0.39, 0.29) is 30.4 Å². The Labute approximate surface area is 163 Å². The van der Waals surface area contributed by atoms with Crippen LogP contribution in [0.1, 0.15) is 38.7 Å². The lowest BCUT2D eigenvalue weighted by Crippen LogP contribution is -2.44. The van der Waals surface area contributed by atoms with E-state index in [4.69, 9.17) is 4.18 Å². The van der Waals surface area contributed by atoms with Crippen LogP contribution < -0.4 is 4.18 Å². The summed E-state index contributed by atoms with van der Waals surface area (Å²) in [6.45, 7) is 5.38. The molecule has 154 valence electrons. The van der Waals surface area contributed by atoms with Gasteiger partial charge in [-0.05, 0) is 61.8 Å². The number of hydrogen-bond donors (Lipinski definition) is 0. The highest BCUT2D eigenvalue weighted by atomic mass is 32.2. The first-order chi connectivity index (χ1) is 13.0. The maximum Gasteiger partial charge on any atom is 0.391 e. The number of fused-ring (bicyclic) bond motifs is 1. The standard InChI is InChI=1S/C20H24F3NO3S/c1-12(2)16-7-6-15(20(21,22)23)11-19(16)28(25,26)27-18-10-14-5-4-8-24-17(14)9-13(18)3/h4-5,8-10,12,15-16,19H,6-7,11H2,1-3H3. The second-order valence-electron chi connectivity index (χ2n) is 7.89. The summed E-state index contributed by atoms with van der Waals surface area (Å²) >= 11 is 0. The molecule has 0 radical (unpaired) electrons. The highest BCUT2D eigenvalue weighted by Gasteiger charge is 2.50. The van der Waals surface area contributed by atoms with Crippen molar-refractivity contribution in [2.24, 2.45) is 17.8 Å². The Kier molecular flexibility index (Phi) is 5.62. The van der Waals surface area contributed by atoms with Crippen molar-refractivity contribution in [2.45, 2.75) is 51.5 Å². The second kappa shape index (κ2) is 7.54. The van der Waals surface area contributed by atoms with Gasteiger partial charge in [0, 0.05) is 11.6 Å². The van der Waals surface area contributed by atoms with Gasteiger partial charge in [-0.15, -0.1) is 0 Å². The van der Waals surface area contributed by atoms with Crippen molar-refractivity contribution >= 4 is 21.0 Å². The summed E-state index contributed by atoms with van der Waals surface area (Å²) in [5.41, 5.74) is 1.26. The molecule has 2 aromatic rings. The number of nitrogens with zero attached hydrogens (tertiary/aromatic N) is 1. The predicted molar refractivity (Wildman–Crippen MR) is 102 cm³/mol. The van der Waals surface area contributed by atoms with Crippen LogP contribution in [0.15, 0.2) is 30.5 Å². The average Bonchev–Trinajstić information content (AvgIpc) is 2.61. The molecule has 3 unspecified atom stereocenters. The minimum atomic E-state index is -4.40. The number of benzene rings is 1. The van der Waals surface area contributed by atoms with Gasteiger partial charge in [0.05, 0.1) is 11.4 Å². The summed E-state index contributed by atoms with van der Waals surface area (Å²) < 4.78 is 71.2. The highest BCUT2D eigenvalue weighted by molar-refractivity contribution is 7.87. The second-order valence-corrected chi connectivity index (χ2v) is 9.65. The molecule has 0 N–H and O–H groups in total. The zero-order chi connectivity index (χ0) is 20.7. The Balaban J connectivity index is 1.94. The van der Waals surface area contributed by atoms with Crippen molar-refractivity contribution in [3.63, 3.8) is 0 Å². The van der Waals surface area contributed by atoms with E-state index in [0.29, 0.717) is 16.5 Å². The van der Waals surface area contributed by atoms with E-state index in [9.17, 15) is 21.6 Å². The molecule has 1 fully saturated rings. The molecular weight excluding hydrogens is 391 g/mol. The monoisotopic (exact) mass is 415 g/mol. The summed E-state index contributed by atoms with van der Waals surface area (Å²) in [5, 5.41) is -0.479. The fraction of sp³-hybridized carbons (Fsp3) is 0.550. The Morgan fingerprint density at radius 1 is 1.21 bits per heavy atom. The third-order valence-electron chi connectivity index (χ3n) is 5.64. The van der Waals surface area contributed by atoms with Crippen LogP contribution in [0, 0.1) is 24.7 Å². The lowest BCUT2D eigenvalue weighted by molar-refractivity contribution is -0.184. The zero-order valence-corrected chi connectivity index (χ0v) is 16.8. The van der Waals surface area contributed by atoms with Gasteiger partial charge in [0.1, 0.15) is 11.0 Å². The molecular formula is C20H24F3NO3S. The van der Waals surface area contributed by atoms with E-state index < -0.39 is 33.9 Å². The number of halogens is 3. The molecule has 0 saturated heterocycles. The summed E-state index contributed by atoms with van der Waals surface area (Å²) in [4.78, 5) is 4.21. The van der Waals surface area contributed by atoms with Crippen LogP contribution in [0.5, 0.6) is 5.75 Å². The number of hydrogen-bond acceptors (Lipinski definition) is 4. The number of pyridine rings is 1. The molecule has 1 aliphatic carbocycles. The molecule has 4 nitrogen and oxygen atoms in total. The van der Waals surface area contributed by atoms with Gasteiger partial charge in [-0.2, -0.15) is 21.6 Å². The average molecular weight is 415 g/mol. The molecule has 1 saturated carbocycles. The Morgan fingerprint density at radius 2 is 1.93 bits per heavy atom. The SMILES string of the molecule is Cc1cc2ncccc2cc1OS(=O)(=O)C1CC(C(F)(F)F)CCC1C(C)C. The molecule has 28 heavy (non-hydrogen) atoms. The summed E-state index contributed by atoms with van der Waals surface area (Å²) in [6, 6.07) is 6.78. The topological polar surface area (TPSA) is 56.3 Å². The summed E-state index contributed by atoms with van der Waals surface area (Å²) in [6.07, 6.45) is -3.05. The molecule has 0 amide bonds. The third kappa shape index (κ3) is 4.26. The smallest absolute Gasteiger partial charge is 0.382 e. The van der Waals surface area contributed by atoms with Gasteiger partial charge in [0.25, 0.3) is 0 Å². The molecule has 0 spiro atoms. The van der Waals surface area contributed by atoms with E-state index in [2.05, 4.69) is 4.98 Å². The maximum absolute atomic E-state index is 13.3. The van der Waals surface area contributed by atoms with Crippen molar-refractivity contribution in [1.29, 1.82) is 0 Å². The van der Waals surface area contributed by atoms with Crippen LogP contribution in [-0.2, 0) is 10.1 Å². The van der Waals surface area contributed by atoms with E-state index in [1.165, 1.54) is 0 Å². The minimum absolute atomic E-state index is 0.0426. The van der Waals surface area contributed by atoms with E-state index in [0.717, 1.165) is 0 Å². The lowest BCUT2D eigenvalue weighted by Gasteiger charge is -2.37. The number of alkyl halides is 3. The molecule has 0 bridgehead atoms. The first kappa shape index (κ1) is 20.9. The van der Waals surface area contributed by atoms with Gasteiger partial charge >= 0.3 is 16.3 Å². The van der Waals surface area contributed by atoms with Crippen LogP contribution >= 0.6 is 0 Å². The lowest BCUT2D eigenvalue weighted by atomic mass is 9.76. The van der Waals surface area contributed by atoms with E-state index in [1.807, 2.05) is 13.8 Å². The van der Waals surface area contributed by atoms with Crippen molar-refractivity contribution in [1.82, 2.24) is 4.98 Å². The van der Waals surface area contributed by atoms with Gasteiger partial charge in [0.15, 0.2) is 0 Å². The van der Waals surface area contributed by atoms with Gasteiger partial charge in [0.2, 0.25) is 0 Å². The van der Waals surface area contributed by atoms with Gasteiger partial charge in [-0.25, -0.2) is 0 Å². The summed E-state index contributed by atoms with van der Waals surface area (Å²) in [7, 11) is -4.24. The van der Waals surface area contributed by atoms with Crippen molar-refractivity contribution in [2.75, 3.05) is 0 Å². The predicted octanol–water partition coefficient (Wildman–Crippen LogP) is 5.26. The Morgan fingerprint density at radius 3 is 2.57 bits per heavy atom. The quantitative estimate of drug-likeness (QED) is 0.640. The molecule has 1 aromatic heterocycles. The van der Waals surface area contributed by atoms with Gasteiger partial charge < -0.3 is 4.18 Å². The number of rotatable bonds is 4. The van der Waals surface area contributed by atoms with E-state index >= 15 is 0 Å². The van der Waals surface area contributed by atoms with Crippen LogP contribution in [0.2, 0.25) is 0 Å². The first-order valence-electron chi connectivity index (χ1n) is 9.34. The van der Waals surface area contributed by atoms with Crippen LogP contribution in [-0.4, -0.2) is 24.8 Å². The van der Waals surface area contributed by atoms with Crippen molar-refractivity contribution in [3.8, 4) is 5.75 Å². The molecule has 1 aromatic carbocycles. The maximum atomic E-state index is 13.3. The number of aromatic nitrogens is 1. The Hall–Kier alpha value is -1.83. The summed E-state index contributed by atoms with van der Waals surface area (Å²) in [5.74, 6) is -1.91. The zero-order valence-electron chi connectivity index (χ0n) is 16.0. The van der Waals surface area contributed by atoms with Gasteiger partial charge in [-0.3, -0.25) is 4.98 Å². The first-order valence-corrected chi connectivity index (χ1v) is 10.8. The molecule has 3 rings (SSSR count). The van der Waals surface area contributed by atoms with Crippen LogP contribution in [0.4, 0.5) is 13.2 Å². The van der Waals surface area contributed by atoms with Crippen LogP contribution in [0.25, 0.3) is 10.9 Å². The van der Waals surface area contributed by atoms with E-state index in [1.54, 1.807) is 37.4 Å². The Bertz CT molecular complexity index is 957. The molecule has 1 heterocycles. The number of aryl methyl sites for hydroxylation is 1. The van der Waals surface area contributed by atoms with Gasteiger partial charge in [-0.1, -0.05) is 19.9 Å².